The molecule has 1 unspecified atom stereocenters. The molecule has 3 rings (SSSR count). The van der Waals surface area contributed by atoms with Gasteiger partial charge >= 0.3 is 0 Å². The minimum absolute atomic E-state index is 0.0224. The van der Waals surface area contributed by atoms with Crippen molar-refractivity contribution in [3.63, 3.8) is 0 Å². The molecule has 2 fully saturated rings. The Morgan fingerprint density at radius 1 is 1.48 bits per heavy atom. The normalized spacial score (nSPS) is 23.0. The summed E-state index contributed by atoms with van der Waals surface area (Å²) in [5, 5.41) is 9.62. The number of aromatic nitrogens is 2. The van der Waals surface area contributed by atoms with Gasteiger partial charge in [0.15, 0.2) is 0 Å². The van der Waals surface area contributed by atoms with Crippen LogP contribution in [-0.2, 0) is 20.7 Å². The monoisotopic (exact) mass is 338 g/mol. The Labute approximate surface area is 139 Å². The molecule has 23 heavy (non-hydrogen) atoms. The molecule has 1 aromatic heterocycles. The van der Waals surface area contributed by atoms with Crippen LogP contribution in [-0.4, -0.2) is 60.3 Å². The van der Waals surface area contributed by atoms with Crippen molar-refractivity contribution in [1.29, 1.82) is 0 Å². The molecule has 7 nitrogen and oxygen atoms in total. The molecule has 8 heteroatoms. The number of aryl methyl sites for hydroxylation is 1. The van der Waals surface area contributed by atoms with Crippen LogP contribution in [0.4, 0.5) is 5.13 Å². The quantitative estimate of drug-likeness (QED) is 0.799. The Kier molecular flexibility index (Phi) is 4.37. The number of anilines is 1. The molecule has 0 N–H and O–H groups in total. The van der Waals surface area contributed by atoms with Gasteiger partial charge in [0, 0.05) is 32.0 Å². The maximum absolute atomic E-state index is 12.6. The third-order valence-corrected chi connectivity index (χ3v) is 5.45. The van der Waals surface area contributed by atoms with Crippen molar-refractivity contribution in [2.75, 3.05) is 38.3 Å². The van der Waals surface area contributed by atoms with Crippen LogP contribution in [0.15, 0.2) is 0 Å². The second kappa shape index (κ2) is 6.16. The van der Waals surface area contributed by atoms with E-state index in [9.17, 15) is 9.59 Å². The summed E-state index contributed by atoms with van der Waals surface area (Å²) in [5.74, 6) is -0.325. The Bertz CT molecular complexity index is 614. The zero-order chi connectivity index (χ0) is 16.6. The van der Waals surface area contributed by atoms with E-state index < -0.39 is 0 Å². The lowest BCUT2D eigenvalue weighted by Gasteiger charge is -2.41. The van der Waals surface area contributed by atoms with Crippen molar-refractivity contribution in [1.82, 2.24) is 15.1 Å². The van der Waals surface area contributed by atoms with Gasteiger partial charge in [-0.1, -0.05) is 25.2 Å². The fraction of sp³-hybridized carbons (Fsp3) is 0.733. The second-order valence-corrected chi connectivity index (χ2v) is 7.78. The minimum Gasteiger partial charge on any atom is -0.380 e. The van der Waals surface area contributed by atoms with Gasteiger partial charge in [0.25, 0.3) is 0 Å². The lowest BCUT2D eigenvalue weighted by atomic mass is 9.88. The van der Waals surface area contributed by atoms with Crippen LogP contribution in [0.5, 0.6) is 0 Å². The number of hydrogen-bond donors (Lipinski definition) is 0. The van der Waals surface area contributed by atoms with E-state index in [1.54, 1.807) is 16.8 Å². The van der Waals surface area contributed by atoms with E-state index in [0.717, 1.165) is 11.4 Å². The van der Waals surface area contributed by atoms with Crippen molar-refractivity contribution in [3.8, 4) is 0 Å². The van der Waals surface area contributed by atoms with Crippen molar-refractivity contribution >= 4 is 28.3 Å². The summed E-state index contributed by atoms with van der Waals surface area (Å²) < 4.78 is 5.23. The van der Waals surface area contributed by atoms with Crippen LogP contribution in [0.3, 0.4) is 0 Å². The molecule has 1 aromatic rings. The maximum atomic E-state index is 12.6. The zero-order valence-electron chi connectivity index (χ0n) is 13.7. The number of ether oxygens (including phenoxy) is 1. The summed E-state index contributed by atoms with van der Waals surface area (Å²) in [5.41, 5.74) is 0.0436. The fourth-order valence-electron chi connectivity index (χ4n) is 3.06. The summed E-state index contributed by atoms with van der Waals surface area (Å²) in [4.78, 5) is 28.2. The van der Waals surface area contributed by atoms with E-state index in [0.29, 0.717) is 31.4 Å². The first-order valence-electron chi connectivity index (χ1n) is 7.87. The van der Waals surface area contributed by atoms with E-state index in [2.05, 4.69) is 17.1 Å². The van der Waals surface area contributed by atoms with Crippen LogP contribution in [0.25, 0.3) is 0 Å². The SMILES string of the molecule is CCc1nnc(N2CC(C(=O)N(C)CC3(C)COC3)CC2=O)s1. The molecule has 2 aliphatic rings. The molecule has 2 saturated heterocycles. The standard InChI is InChI=1S/C15H22N4O3S/c1-4-11-16-17-14(23-11)19-6-10(5-12(19)20)13(21)18(3)7-15(2)8-22-9-15/h10H,4-9H2,1-3H3. The predicted molar refractivity (Wildman–Crippen MR) is 86.3 cm³/mol. The highest BCUT2D eigenvalue weighted by Gasteiger charge is 2.41. The molecule has 0 aromatic carbocycles. The second-order valence-electron chi connectivity index (χ2n) is 6.74. The molecular weight excluding hydrogens is 316 g/mol. The topological polar surface area (TPSA) is 75.6 Å². The average Bonchev–Trinajstić information content (AvgIpc) is 3.10. The molecule has 0 spiro atoms. The van der Waals surface area contributed by atoms with Crippen LogP contribution < -0.4 is 4.90 Å². The van der Waals surface area contributed by atoms with Gasteiger partial charge in [-0.2, -0.15) is 0 Å². The highest BCUT2D eigenvalue weighted by molar-refractivity contribution is 7.15. The van der Waals surface area contributed by atoms with E-state index in [1.165, 1.54) is 11.3 Å². The van der Waals surface area contributed by atoms with Gasteiger partial charge in [-0.15, -0.1) is 10.2 Å². The smallest absolute Gasteiger partial charge is 0.229 e. The minimum atomic E-state index is -0.300. The number of nitrogens with zero attached hydrogens (tertiary/aromatic N) is 4. The summed E-state index contributed by atoms with van der Waals surface area (Å²) in [6, 6.07) is 0. The van der Waals surface area contributed by atoms with E-state index in [-0.39, 0.29) is 29.6 Å². The largest absolute Gasteiger partial charge is 0.380 e. The van der Waals surface area contributed by atoms with Gasteiger partial charge in [0.1, 0.15) is 5.01 Å². The number of amides is 2. The molecule has 0 radical (unpaired) electrons. The number of carbonyl (C=O) groups is 2. The van der Waals surface area contributed by atoms with Gasteiger partial charge in [0.05, 0.1) is 19.1 Å². The molecule has 2 aliphatic heterocycles. The molecule has 3 heterocycles. The third kappa shape index (κ3) is 3.23. The summed E-state index contributed by atoms with van der Waals surface area (Å²) in [6.45, 7) is 6.54. The summed E-state index contributed by atoms with van der Waals surface area (Å²) in [7, 11) is 1.80. The first kappa shape index (κ1) is 16.3. The molecule has 0 aliphatic carbocycles. The Morgan fingerprint density at radius 2 is 2.22 bits per heavy atom. The van der Waals surface area contributed by atoms with Gasteiger partial charge in [-0.05, 0) is 6.42 Å². The fourth-order valence-corrected chi connectivity index (χ4v) is 3.86. The number of hydrogen-bond acceptors (Lipinski definition) is 6. The molecular formula is C15H22N4O3S. The third-order valence-electron chi connectivity index (χ3n) is 4.36. The highest BCUT2D eigenvalue weighted by atomic mass is 32.1. The molecule has 0 saturated carbocycles. The molecule has 1 atom stereocenters. The van der Waals surface area contributed by atoms with Crippen LogP contribution in [0.1, 0.15) is 25.3 Å². The first-order valence-corrected chi connectivity index (χ1v) is 8.69. The van der Waals surface area contributed by atoms with E-state index in [4.69, 9.17) is 4.74 Å². The number of carbonyl (C=O) groups excluding carboxylic acids is 2. The van der Waals surface area contributed by atoms with Gasteiger partial charge < -0.3 is 9.64 Å². The maximum Gasteiger partial charge on any atom is 0.229 e. The lowest BCUT2D eigenvalue weighted by molar-refractivity contribution is -0.145. The van der Waals surface area contributed by atoms with Crippen molar-refractivity contribution in [2.45, 2.75) is 26.7 Å². The van der Waals surface area contributed by atoms with Crippen molar-refractivity contribution < 1.29 is 14.3 Å². The molecule has 126 valence electrons. The molecule has 0 bridgehead atoms. The van der Waals surface area contributed by atoms with Gasteiger partial charge in [0.2, 0.25) is 16.9 Å². The van der Waals surface area contributed by atoms with Gasteiger partial charge in [-0.25, -0.2) is 0 Å². The zero-order valence-corrected chi connectivity index (χ0v) is 14.6. The van der Waals surface area contributed by atoms with Crippen LogP contribution >= 0.6 is 11.3 Å². The van der Waals surface area contributed by atoms with Crippen LogP contribution in [0, 0.1) is 11.3 Å². The Hall–Kier alpha value is -1.54. The summed E-state index contributed by atoms with van der Waals surface area (Å²) >= 11 is 1.42. The van der Waals surface area contributed by atoms with Crippen molar-refractivity contribution in [2.24, 2.45) is 11.3 Å². The lowest BCUT2D eigenvalue weighted by Crippen LogP contribution is -2.50. The van der Waals surface area contributed by atoms with E-state index in [1.807, 2.05) is 6.92 Å². The predicted octanol–water partition coefficient (Wildman–Crippen LogP) is 0.948. The van der Waals surface area contributed by atoms with E-state index >= 15 is 0 Å². The van der Waals surface area contributed by atoms with Crippen molar-refractivity contribution in [3.05, 3.63) is 5.01 Å². The highest BCUT2D eigenvalue weighted by Crippen LogP contribution is 2.31. The number of rotatable bonds is 5. The summed E-state index contributed by atoms with van der Waals surface area (Å²) in [6.07, 6.45) is 1.04. The Morgan fingerprint density at radius 3 is 2.78 bits per heavy atom. The molecule has 2 amide bonds. The average molecular weight is 338 g/mol. The van der Waals surface area contributed by atoms with Gasteiger partial charge in [-0.3, -0.25) is 14.5 Å². The Balaban J connectivity index is 1.63. The first-order chi connectivity index (χ1) is 10.9. The van der Waals surface area contributed by atoms with Crippen LogP contribution in [0.2, 0.25) is 0 Å².